The molecule has 7 rings (SSSR count). The van der Waals surface area contributed by atoms with Gasteiger partial charge in [0, 0.05) is 6.42 Å². The quantitative estimate of drug-likeness (QED) is 0.0986. The number of fused-ring (bicyclic) bond motifs is 1. The predicted octanol–water partition coefficient (Wildman–Crippen LogP) is 8.49. The van der Waals surface area contributed by atoms with Crippen molar-refractivity contribution in [1.82, 2.24) is 19.5 Å². The van der Waals surface area contributed by atoms with Crippen molar-refractivity contribution in [1.29, 1.82) is 0 Å². The highest BCUT2D eigenvalue weighted by molar-refractivity contribution is 5.89. The van der Waals surface area contributed by atoms with Crippen LogP contribution in [0.15, 0.2) is 122 Å². The molecule has 6 aromatic rings. The summed E-state index contributed by atoms with van der Waals surface area (Å²) in [6, 6.07) is 36.5. The van der Waals surface area contributed by atoms with Gasteiger partial charge in [-0.25, -0.2) is 14.2 Å². The second kappa shape index (κ2) is 14.3. The maximum atomic E-state index is 16.6. The van der Waals surface area contributed by atoms with Crippen LogP contribution in [-0.2, 0) is 15.0 Å². The van der Waals surface area contributed by atoms with Gasteiger partial charge in [0.2, 0.25) is 17.7 Å². The SMILES string of the molecule is CCOc1nc(NC(c2ccccc2)(c2ccccc2)c2ccc(OC)cc2)nc2c1ncn2[C@@H]1O[C@](F)(CC)[C@@H](C)[C@@]1(C)OC(=O)c1ccccc1. The third-order valence-corrected chi connectivity index (χ3v) is 10.3. The Morgan fingerprint density at radius 2 is 1.47 bits per heavy atom. The smallest absolute Gasteiger partial charge is 0.338 e. The van der Waals surface area contributed by atoms with Crippen LogP contribution >= 0.6 is 0 Å². The summed E-state index contributed by atoms with van der Waals surface area (Å²) in [7, 11) is 1.63. The zero-order chi connectivity index (χ0) is 37.2. The number of rotatable bonds is 12. The van der Waals surface area contributed by atoms with Crippen LogP contribution in [0.25, 0.3) is 11.2 Å². The normalized spacial score (nSPS) is 21.3. The molecule has 1 aliphatic rings. The number of aromatic nitrogens is 4. The summed E-state index contributed by atoms with van der Waals surface area (Å²) in [6.07, 6.45) is 0.386. The van der Waals surface area contributed by atoms with E-state index in [2.05, 4.69) is 10.3 Å². The van der Waals surface area contributed by atoms with E-state index in [1.54, 1.807) is 56.7 Å². The lowest BCUT2D eigenvalue weighted by molar-refractivity contribution is -0.174. The fourth-order valence-electron chi connectivity index (χ4n) is 7.20. The number of imidazole rings is 1. The number of carbonyl (C=O) groups is 1. The van der Waals surface area contributed by atoms with Crippen LogP contribution in [0.3, 0.4) is 0 Å². The lowest BCUT2D eigenvalue weighted by atomic mass is 9.77. The number of methoxy groups -OCH3 is 1. The molecule has 0 bridgehead atoms. The van der Waals surface area contributed by atoms with Gasteiger partial charge in [0.05, 0.1) is 31.5 Å². The van der Waals surface area contributed by atoms with Gasteiger partial charge in [-0.05, 0) is 54.8 Å². The van der Waals surface area contributed by atoms with Crippen molar-refractivity contribution < 1.29 is 28.1 Å². The number of anilines is 1. The Hall–Kier alpha value is -5.81. The van der Waals surface area contributed by atoms with Crippen molar-refractivity contribution in [3.8, 4) is 11.6 Å². The van der Waals surface area contributed by atoms with Crippen molar-refractivity contribution >= 4 is 23.1 Å². The van der Waals surface area contributed by atoms with Gasteiger partial charge in [-0.15, -0.1) is 0 Å². The Balaban J connectivity index is 1.41. The maximum Gasteiger partial charge on any atom is 0.338 e. The van der Waals surface area contributed by atoms with Crippen molar-refractivity contribution in [2.24, 2.45) is 5.92 Å². The summed E-state index contributed by atoms with van der Waals surface area (Å²) < 4.78 is 42.2. The summed E-state index contributed by atoms with van der Waals surface area (Å²) in [5, 5.41) is 3.70. The summed E-state index contributed by atoms with van der Waals surface area (Å²) in [6.45, 7) is 7.24. The first-order valence-corrected chi connectivity index (χ1v) is 17.7. The molecular formula is C42H42FN5O5. The van der Waals surface area contributed by atoms with Gasteiger partial charge in [0.15, 0.2) is 23.0 Å². The number of esters is 1. The van der Waals surface area contributed by atoms with Crippen molar-refractivity contribution in [3.05, 3.63) is 144 Å². The first kappa shape index (κ1) is 35.6. The van der Waals surface area contributed by atoms with Gasteiger partial charge < -0.3 is 24.3 Å². The molecule has 1 aliphatic heterocycles. The van der Waals surface area contributed by atoms with Gasteiger partial charge >= 0.3 is 5.97 Å². The molecule has 1 fully saturated rings. The first-order valence-electron chi connectivity index (χ1n) is 17.7. The average Bonchev–Trinajstić information content (AvgIpc) is 3.71. The zero-order valence-electron chi connectivity index (χ0n) is 30.3. The Kier molecular flexibility index (Phi) is 9.61. The van der Waals surface area contributed by atoms with Crippen LogP contribution in [0.2, 0.25) is 0 Å². The predicted molar refractivity (Wildman–Crippen MR) is 200 cm³/mol. The molecule has 0 radical (unpaired) electrons. The molecule has 3 heterocycles. The van der Waals surface area contributed by atoms with Crippen LogP contribution in [0.4, 0.5) is 10.3 Å². The number of hydrogen-bond donors (Lipinski definition) is 1. The molecule has 272 valence electrons. The van der Waals surface area contributed by atoms with Gasteiger partial charge in [0.25, 0.3) is 0 Å². The largest absolute Gasteiger partial charge is 0.497 e. The maximum absolute atomic E-state index is 16.6. The van der Waals surface area contributed by atoms with E-state index in [4.69, 9.17) is 28.9 Å². The number of hydrogen-bond acceptors (Lipinski definition) is 9. The Labute approximate surface area is 307 Å². The summed E-state index contributed by atoms with van der Waals surface area (Å²) in [5.74, 6) is -2.43. The molecule has 0 amide bonds. The minimum absolute atomic E-state index is 0.0281. The molecule has 0 saturated carbocycles. The van der Waals surface area contributed by atoms with E-state index in [9.17, 15) is 4.79 Å². The Morgan fingerprint density at radius 1 is 0.887 bits per heavy atom. The molecule has 4 aromatic carbocycles. The number of carbonyl (C=O) groups excluding carboxylic acids is 1. The minimum Gasteiger partial charge on any atom is -0.497 e. The summed E-state index contributed by atoms with van der Waals surface area (Å²) >= 11 is 0. The number of alkyl halides is 1. The molecule has 4 atom stereocenters. The molecule has 1 saturated heterocycles. The van der Waals surface area contributed by atoms with Crippen LogP contribution < -0.4 is 14.8 Å². The van der Waals surface area contributed by atoms with E-state index in [1.165, 1.54) is 6.33 Å². The van der Waals surface area contributed by atoms with Gasteiger partial charge in [-0.1, -0.05) is 105 Å². The molecule has 0 aliphatic carbocycles. The van der Waals surface area contributed by atoms with Gasteiger partial charge in [-0.2, -0.15) is 9.97 Å². The number of halogens is 1. The topological polar surface area (TPSA) is 110 Å². The van der Waals surface area contributed by atoms with E-state index in [1.807, 2.05) is 97.9 Å². The summed E-state index contributed by atoms with van der Waals surface area (Å²) in [5.41, 5.74) is 1.23. The molecule has 53 heavy (non-hydrogen) atoms. The van der Waals surface area contributed by atoms with Gasteiger partial charge in [-0.3, -0.25) is 4.57 Å². The van der Waals surface area contributed by atoms with E-state index in [0.29, 0.717) is 29.1 Å². The van der Waals surface area contributed by atoms with Crippen LogP contribution in [0.5, 0.6) is 11.6 Å². The molecule has 11 heteroatoms. The highest BCUT2D eigenvalue weighted by atomic mass is 19.2. The highest BCUT2D eigenvalue weighted by Crippen LogP contribution is 2.54. The third-order valence-electron chi connectivity index (χ3n) is 10.3. The van der Waals surface area contributed by atoms with Crippen LogP contribution in [0, 0.1) is 5.92 Å². The van der Waals surface area contributed by atoms with Crippen molar-refractivity contribution in [2.75, 3.05) is 19.0 Å². The Bertz CT molecular complexity index is 2150. The minimum atomic E-state index is -2.12. The molecule has 0 spiro atoms. The average molecular weight is 716 g/mol. The fraction of sp³-hybridized carbons (Fsp3) is 0.286. The highest BCUT2D eigenvalue weighted by Gasteiger charge is 2.63. The van der Waals surface area contributed by atoms with E-state index in [-0.39, 0.29) is 18.2 Å². The molecule has 0 unspecified atom stereocenters. The zero-order valence-corrected chi connectivity index (χ0v) is 30.3. The Morgan fingerprint density at radius 3 is 2.04 bits per heavy atom. The number of benzene rings is 4. The van der Waals surface area contributed by atoms with Gasteiger partial charge in [0.1, 0.15) is 11.3 Å². The summed E-state index contributed by atoms with van der Waals surface area (Å²) in [4.78, 5) is 28.1. The third kappa shape index (κ3) is 6.24. The van der Waals surface area contributed by atoms with E-state index < -0.39 is 35.1 Å². The van der Waals surface area contributed by atoms with E-state index in [0.717, 1.165) is 16.7 Å². The van der Waals surface area contributed by atoms with Crippen molar-refractivity contribution in [2.45, 2.75) is 57.3 Å². The first-order chi connectivity index (χ1) is 25.7. The molecular weight excluding hydrogens is 673 g/mol. The van der Waals surface area contributed by atoms with Crippen LogP contribution in [-0.4, -0.2) is 50.7 Å². The van der Waals surface area contributed by atoms with E-state index >= 15 is 4.39 Å². The van der Waals surface area contributed by atoms with Crippen molar-refractivity contribution in [3.63, 3.8) is 0 Å². The lowest BCUT2D eigenvalue weighted by Crippen LogP contribution is -2.44. The lowest BCUT2D eigenvalue weighted by Gasteiger charge is -2.37. The number of ether oxygens (including phenoxy) is 4. The molecule has 10 nitrogen and oxygen atoms in total. The standard InChI is InChI=1S/C42H42FN5O5/c1-6-41(43)28(3)40(4,52-37(49)29-17-11-8-12-18-29)38(53-41)48-27-44-34-35(48)45-39(46-36(34)51-7-2)47-42(30-19-13-9-14-20-30,31-21-15-10-16-22-31)32-23-25-33(50-5)26-24-32/h8-28,38H,6-7H2,1-5H3,(H,45,46,47)/t28-,38+,40+,41+/m0/s1. The second-order valence-electron chi connectivity index (χ2n) is 13.2. The monoisotopic (exact) mass is 715 g/mol. The number of nitrogens with zero attached hydrogens (tertiary/aromatic N) is 4. The molecule has 1 N–H and O–H groups in total. The second-order valence-corrected chi connectivity index (χ2v) is 13.2. The molecule has 2 aromatic heterocycles. The fourth-order valence-corrected chi connectivity index (χ4v) is 7.20. The van der Waals surface area contributed by atoms with Crippen LogP contribution in [0.1, 0.15) is 67.4 Å². The number of nitrogens with one attached hydrogen (secondary N) is 1.